The summed E-state index contributed by atoms with van der Waals surface area (Å²) in [4.78, 5) is 59.5. The lowest BCUT2D eigenvalue weighted by molar-refractivity contribution is -0.142. The van der Waals surface area contributed by atoms with Crippen molar-refractivity contribution in [3.63, 3.8) is 0 Å². The summed E-state index contributed by atoms with van der Waals surface area (Å²) >= 11 is 6.16. The summed E-state index contributed by atoms with van der Waals surface area (Å²) < 4.78 is 1.79. The molecule has 0 saturated carbocycles. The summed E-state index contributed by atoms with van der Waals surface area (Å²) in [5.74, 6) is -1.29. The fourth-order valence-electron chi connectivity index (χ4n) is 5.37. The third kappa shape index (κ3) is 7.23. The second-order valence-corrected chi connectivity index (χ2v) is 11.4. The summed E-state index contributed by atoms with van der Waals surface area (Å²) in [7, 11) is 1.82. The molecule has 226 valence electrons. The first-order valence-electron chi connectivity index (χ1n) is 14.5. The Labute approximate surface area is 261 Å². The van der Waals surface area contributed by atoms with Gasteiger partial charge in [0.25, 0.3) is 0 Å². The van der Waals surface area contributed by atoms with E-state index in [1.54, 1.807) is 59.6 Å². The summed E-state index contributed by atoms with van der Waals surface area (Å²) in [6, 6.07) is 19.9. The molecule has 0 fully saturated rings. The van der Waals surface area contributed by atoms with Gasteiger partial charge in [0.2, 0.25) is 17.7 Å². The molecule has 9 nitrogen and oxygen atoms in total. The Morgan fingerprint density at radius 2 is 1.70 bits per heavy atom. The van der Waals surface area contributed by atoms with Crippen LogP contribution < -0.4 is 10.6 Å². The van der Waals surface area contributed by atoms with Crippen LogP contribution >= 0.6 is 11.6 Å². The van der Waals surface area contributed by atoms with E-state index < -0.39 is 23.9 Å². The fourth-order valence-corrected chi connectivity index (χ4v) is 5.49. The normalized spacial score (nSPS) is 14.8. The number of nitrogens with zero attached hydrogens (tertiary/aromatic N) is 3. The summed E-state index contributed by atoms with van der Waals surface area (Å²) in [6.07, 6.45) is 3.75. The van der Waals surface area contributed by atoms with Crippen LogP contribution in [0.3, 0.4) is 0 Å². The van der Waals surface area contributed by atoms with Gasteiger partial charge in [-0.05, 0) is 41.8 Å². The van der Waals surface area contributed by atoms with Crippen LogP contribution in [0.5, 0.6) is 0 Å². The third-order valence-corrected chi connectivity index (χ3v) is 8.35. The number of benzene rings is 3. The third-order valence-electron chi connectivity index (χ3n) is 7.92. The van der Waals surface area contributed by atoms with Gasteiger partial charge in [-0.15, -0.1) is 0 Å². The second kappa shape index (κ2) is 13.7. The van der Waals surface area contributed by atoms with Gasteiger partial charge >= 0.3 is 0 Å². The molecule has 1 aliphatic rings. The van der Waals surface area contributed by atoms with Gasteiger partial charge in [0.05, 0.1) is 6.33 Å². The number of imidazole rings is 1. The highest BCUT2D eigenvalue weighted by atomic mass is 35.5. The van der Waals surface area contributed by atoms with Crippen LogP contribution in [0.2, 0.25) is 5.02 Å². The van der Waals surface area contributed by atoms with E-state index in [1.807, 2.05) is 44.3 Å². The van der Waals surface area contributed by atoms with Gasteiger partial charge < -0.3 is 20.1 Å². The van der Waals surface area contributed by atoms with Gasteiger partial charge in [-0.3, -0.25) is 19.2 Å². The maximum absolute atomic E-state index is 14.0. The van der Waals surface area contributed by atoms with Crippen LogP contribution in [0, 0.1) is 6.92 Å². The number of amides is 3. The first-order chi connectivity index (χ1) is 21.2. The van der Waals surface area contributed by atoms with Crippen molar-refractivity contribution in [2.45, 2.75) is 51.2 Å². The molecular formula is C34H34ClN5O4. The molecular weight excluding hydrogens is 578 g/mol. The molecule has 1 aromatic heterocycles. The Kier molecular flexibility index (Phi) is 9.55. The number of Topliss-reactive ketones (excluding diaryl/α,β-unsaturated/α-hetero) is 1. The number of aromatic nitrogens is 2. The summed E-state index contributed by atoms with van der Waals surface area (Å²) in [5, 5.41) is 6.39. The van der Waals surface area contributed by atoms with Crippen molar-refractivity contribution >= 4 is 40.8 Å². The average Bonchev–Trinajstić information content (AvgIpc) is 3.44. The molecule has 0 bridgehead atoms. The van der Waals surface area contributed by atoms with Crippen LogP contribution in [0.4, 0.5) is 5.69 Å². The molecule has 10 heteroatoms. The van der Waals surface area contributed by atoms with E-state index in [4.69, 9.17) is 11.6 Å². The molecule has 4 aromatic rings. The smallest absolute Gasteiger partial charge is 0.247 e. The predicted octanol–water partition coefficient (Wildman–Crippen LogP) is 4.66. The predicted molar refractivity (Wildman–Crippen MR) is 168 cm³/mol. The van der Waals surface area contributed by atoms with E-state index in [0.29, 0.717) is 16.3 Å². The number of ketones is 1. The van der Waals surface area contributed by atoms with Gasteiger partial charge in [-0.1, -0.05) is 66.2 Å². The Morgan fingerprint density at radius 1 is 0.977 bits per heavy atom. The van der Waals surface area contributed by atoms with Crippen LogP contribution in [0.1, 0.15) is 45.6 Å². The minimum Gasteiger partial charge on any atom is -0.342 e. The molecule has 5 rings (SSSR count). The standard InChI is InChI=1S/C34H34ClN5O4/c1-22-16-26(12-13-28(22)35)37-33(43)29(18-27-19-36-21-39(27)2)38-34(44)30-17-24-10-6-7-11-25(24)20-40(30)32(42)15-14-31(41)23-8-4-3-5-9-23/h3-13,16,19,21,29-30H,14-15,17-18,20H2,1-2H3,(H,37,43)(H,38,44)/t29-,30-/m0/s1. The zero-order chi connectivity index (χ0) is 31.2. The number of anilines is 1. The SMILES string of the molecule is Cc1cc(NC(=O)[C@H](Cc2cncn2C)NC(=O)[C@@H]2Cc3ccccc3CN2C(=O)CCC(=O)c2ccccc2)ccc1Cl. The van der Waals surface area contributed by atoms with E-state index in [0.717, 1.165) is 22.4 Å². The number of carbonyl (C=O) groups excluding carboxylic acids is 4. The van der Waals surface area contributed by atoms with Crippen LogP contribution in [0.15, 0.2) is 85.3 Å². The first kappa shape index (κ1) is 30.7. The maximum atomic E-state index is 14.0. The largest absolute Gasteiger partial charge is 0.342 e. The number of aryl methyl sites for hydroxylation is 2. The molecule has 0 aliphatic carbocycles. The minimum absolute atomic E-state index is 0.0291. The molecule has 0 unspecified atom stereocenters. The van der Waals surface area contributed by atoms with Crippen molar-refractivity contribution in [3.05, 3.63) is 118 Å². The van der Waals surface area contributed by atoms with Crippen LogP contribution in [-0.2, 0) is 40.8 Å². The monoisotopic (exact) mass is 611 g/mol. The molecule has 3 amide bonds. The summed E-state index contributed by atoms with van der Waals surface area (Å²) in [5.41, 5.74) is 4.55. The molecule has 2 heterocycles. The van der Waals surface area contributed by atoms with Crippen molar-refractivity contribution in [1.82, 2.24) is 19.8 Å². The Bertz CT molecular complexity index is 1690. The van der Waals surface area contributed by atoms with E-state index in [-0.39, 0.29) is 43.9 Å². The van der Waals surface area contributed by atoms with Gasteiger partial charge in [-0.2, -0.15) is 0 Å². The van der Waals surface area contributed by atoms with Gasteiger partial charge in [0, 0.05) is 67.4 Å². The molecule has 2 N–H and O–H groups in total. The average molecular weight is 612 g/mol. The van der Waals surface area contributed by atoms with Gasteiger partial charge in [0.1, 0.15) is 12.1 Å². The van der Waals surface area contributed by atoms with Crippen molar-refractivity contribution < 1.29 is 19.2 Å². The second-order valence-electron chi connectivity index (χ2n) is 11.0. The number of halogens is 1. The van der Waals surface area contributed by atoms with Crippen molar-refractivity contribution in [2.75, 3.05) is 5.32 Å². The van der Waals surface area contributed by atoms with E-state index in [9.17, 15) is 19.2 Å². The van der Waals surface area contributed by atoms with Gasteiger partial charge in [-0.25, -0.2) is 4.98 Å². The molecule has 1 aliphatic heterocycles. The lowest BCUT2D eigenvalue weighted by Gasteiger charge is -2.37. The highest BCUT2D eigenvalue weighted by Crippen LogP contribution is 2.25. The maximum Gasteiger partial charge on any atom is 0.247 e. The number of hydrogen-bond acceptors (Lipinski definition) is 5. The van der Waals surface area contributed by atoms with Crippen molar-refractivity contribution in [3.8, 4) is 0 Å². The first-order valence-corrected chi connectivity index (χ1v) is 14.8. The Morgan fingerprint density at radius 3 is 2.41 bits per heavy atom. The van der Waals surface area contributed by atoms with Crippen molar-refractivity contribution in [2.24, 2.45) is 7.05 Å². The zero-order valence-electron chi connectivity index (χ0n) is 24.6. The number of fused-ring (bicyclic) bond motifs is 1. The van der Waals surface area contributed by atoms with Crippen LogP contribution in [0.25, 0.3) is 0 Å². The van der Waals surface area contributed by atoms with Gasteiger partial charge in [0.15, 0.2) is 5.78 Å². The zero-order valence-corrected chi connectivity index (χ0v) is 25.4. The molecule has 2 atom stereocenters. The Hall–Kier alpha value is -4.76. The molecule has 0 spiro atoms. The number of nitrogens with one attached hydrogen (secondary N) is 2. The summed E-state index contributed by atoms with van der Waals surface area (Å²) in [6.45, 7) is 2.07. The molecule has 0 saturated heterocycles. The number of hydrogen-bond donors (Lipinski definition) is 2. The number of carbonyl (C=O) groups is 4. The van der Waals surface area contributed by atoms with E-state index in [2.05, 4.69) is 15.6 Å². The highest BCUT2D eigenvalue weighted by molar-refractivity contribution is 6.31. The van der Waals surface area contributed by atoms with E-state index >= 15 is 0 Å². The van der Waals surface area contributed by atoms with Crippen molar-refractivity contribution in [1.29, 1.82) is 0 Å². The molecule has 44 heavy (non-hydrogen) atoms. The van der Waals surface area contributed by atoms with E-state index in [1.165, 1.54) is 4.90 Å². The van der Waals surface area contributed by atoms with Crippen LogP contribution in [-0.4, -0.2) is 50.0 Å². The Balaban J connectivity index is 1.36. The number of rotatable bonds is 10. The lowest BCUT2D eigenvalue weighted by Crippen LogP contribution is -2.56. The quantitative estimate of drug-likeness (QED) is 0.253. The minimum atomic E-state index is -0.956. The molecule has 3 aromatic carbocycles. The molecule has 0 radical (unpaired) electrons. The highest BCUT2D eigenvalue weighted by Gasteiger charge is 2.36. The lowest BCUT2D eigenvalue weighted by atomic mass is 9.92. The fraction of sp³-hybridized carbons (Fsp3) is 0.265. The topological polar surface area (TPSA) is 113 Å².